The number of amidine groups is 1. The number of carbonyl (C=O) groups excluding carboxylic acids is 2. The van der Waals surface area contributed by atoms with Gasteiger partial charge in [-0.05, 0) is 58.5 Å². The number of rotatable bonds is 9. The summed E-state index contributed by atoms with van der Waals surface area (Å²) in [4.78, 5) is 25.7. The van der Waals surface area contributed by atoms with E-state index in [1.54, 1.807) is 42.5 Å². The number of hydrogen-bond donors (Lipinski definition) is 4. The van der Waals surface area contributed by atoms with Crippen molar-refractivity contribution >= 4 is 33.5 Å². The third kappa shape index (κ3) is 7.91. The molecular weight excluding hydrogens is 504 g/mol. The number of nitrogens with two attached hydrogens (primary N) is 1. The summed E-state index contributed by atoms with van der Waals surface area (Å²) in [6.45, 7) is 6.73. The van der Waals surface area contributed by atoms with Gasteiger partial charge in [0.15, 0.2) is 0 Å². The number of carbonyl (C=O) groups is 2. The third-order valence-electron chi connectivity index (χ3n) is 5.49. The van der Waals surface area contributed by atoms with Crippen molar-refractivity contribution in [2.45, 2.75) is 27.3 Å². The SMILES string of the molecule is CC(C)(C)CNC(=O)c1ccc(-c2ccccc2CNc2ccc(C(=N)N)cc2)c(C(=O)OS(C)(=O)=O)c1. The van der Waals surface area contributed by atoms with Crippen LogP contribution in [0.25, 0.3) is 11.1 Å². The van der Waals surface area contributed by atoms with E-state index in [9.17, 15) is 18.0 Å². The van der Waals surface area contributed by atoms with E-state index >= 15 is 0 Å². The molecule has 0 saturated carbocycles. The Hall–Kier alpha value is -4.18. The van der Waals surface area contributed by atoms with Crippen LogP contribution in [0.5, 0.6) is 0 Å². The molecule has 5 N–H and O–H groups in total. The van der Waals surface area contributed by atoms with E-state index in [2.05, 4.69) is 10.6 Å². The molecule has 0 aliphatic rings. The van der Waals surface area contributed by atoms with Gasteiger partial charge in [-0.2, -0.15) is 8.42 Å². The van der Waals surface area contributed by atoms with Crippen molar-refractivity contribution in [1.29, 1.82) is 5.41 Å². The Morgan fingerprint density at radius 3 is 2.18 bits per heavy atom. The maximum Gasteiger partial charge on any atom is 0.354 e. The first kappa shape index (κ1) is 28.4. The van der Waals surface area contributed by atoms with Crippen LogP contribution in [0.2, 0.25) is 0 Å². The predicted octanol–water partition coefficient (Wildman–Crippen LogP) is 4.14. The van der Waals surface area contributed by atoms with Crippen molar-refractivity contribution in [2.75, 3.05) is 18.1 Å². The first-order valence-electron chi connectivity index (χ1n) is 11.9. The highest BCUT2D eigenvalue weighted by atomic mass is 32.2. The maximum atomic E-state index is 12.9. The van der Waals surface area contributed by atoms with E-state index in [-0.39, 0.29) is 28.3 Å². The Bertz CT molecular complexity index is 1460. The van der Waals surface area contributed by atoms with Gasteiger partial charge in [0.2, 0.25) is 0 Å². The number of hydrogen-bond acceptors (Lipinski definition) is 7. The van der Waals surface area contributed by atoms with E-state index in [1.807, 2.05) is 39.0 Å². The Morgan fingerprint density at radius 1 is 0.947 bits per heavy atom. The molecule has 1 amide bonds. The molecule has 0 aliphatic heterocycles. The topological polar surface area (TPSA) is 151 Å². The second-order valence-corrected chi connectivity index (χ2v) is 11.7. The largest absolute Gasteiger partial charge is 0.384 e. The molecule has 3 aromatic rings. The van der Waals surface area contributed by atoms with Crippen LogP contribution < -0.4 is 16.4 Å². The number of benzene rings is 3. The second-order valence-electron chi connectivity index (χ2n) is 10.1. The van der Waals surface area contributed by atoms with Gasteiger partial charge in [-0.3, -0.25) is 10.2 Å². The number of amides is 1. The summed E-state index contributed by atoms with van der Waals surface area (Å²) >= 11 is 0. The van der Waals surface area contributed by atoms with E-state index < -0.39 is 16.1 Å². The van der Waals surface area contributed by atoms with Crippen LogP contribution in [0.3, 0.4) is 0 Å². The molecule has 0 fully saturated rings. The predicted molar refractivity (Wildman–Crippen MR) is 149 cm³/mol. The van der Waals surface area contributed by atoms with Crippen LogP contribution in [0, 0.1) is 10.8 Å². The zero-order chi connectivity index (χ0) is 28.1. The Morgan fingerprint density at radius 2 is 1.58 bits per heavy atom. The fourth-order valence-electron chi connectivity index (χ4n) is 3.62. The monoisotopic (exact) mass is 536 g/mol. The summed E-state index contributed by atoms with van der Waals surface area (Å²) in [7, 11) is -4.09. The number of nitrogens with one attached hydrogen (secondary N) is 3. The molecule has 0 aromatic heterocycles. The molecule has 200 valence electrons. The van der Waals surface area contributed by atoms with Gasteiger partial charge in [-0.25, -0.2) is 4.79 Å². The third-order valence-corrected chi connectivity index (χ3v) is 5.95. The Balaban J connectivity index is 1.98. The molecule has 0 aliphatic carbocycles. The highest BCUT2D eigenvalue weighted by Crippen LogP contribution is 2.30. The average Bonchev–Trinajstić information content (AvgIpc) is 2.84. The normalized spacial score (nSPS) is 11.5. The van der Waals surface area contributed by atoms with E-state index in [0.717, 1.165) is 17.5 Å². The zero-order valence-corrected chi connectivity index (χ0v) is 22.6. The zero-order valence-electron chi connectivity index (χ0n) is 21.8. The van der Waals surface area contributed by atoms with E-state index in [1.165, 1.54) is 6.07 Å². The van der Waals surface area contributed by atoms with Gasteiger partial charge < -0.3 is 20.6 Å². The smallest absolute Gasteiger partial charge is 0.354 e. The molecule has 3 rings (SSSR count). The fourth-order valence-corrected chi connectivity index (χ4v) is 3.99. The van der Waals surface area contributed by atoms with Crippen molar-refractivity contribution < 1.29 is 22.2 Å². The van der Waals surface area contributed by atoms with Gasteiger partial charge in [0.25, 0.3) is 5.91 Å². The van der Waals surface area contributed by atoms with Crippen LogP contribution in [-0.2, 0) is 20.8 Å². The van der Waals surface area contributed by atoms with Gasteiger partial charge in [0, 0.05) is 29.9 Å². The lowest BCUT2D eigenvalue weighted by molar-refractivity contribution is 0.0749. The summed E-state index contributed by atoms with van der Waals surface area (Å²) in [5.41, 5.74) is 8.86. The Kier molecular flexibility index (Phi) is 8.57. The lowest BCUT2D eigenvalue weighted by Gasteiger charge is -2.19. The van der Waals surface area contributed by atoms with Crippen LogP contribution >= 0.6 is 0 Å². The molecule has 0 radical (unpaired) electrons. The quantitative estimate of drug-likeness (QED) is 0.182. The van der Waals surface area contributed by atoms with E-state index in [0.29, 0.717) is 29.8 Å². The van der Waals surface area contributed by atoms with Crippen LogP contribution in [0.4, 0.5) is 5.69 Å². The standard InChI is InChI=1S/C28H32N4O5S/c1-28(2,3)17-32-26(33)19-11-14-23(24(15-19)27(34)37-38(4,35)36)22-8-6-5-7-20(22)16-31-21-12-9-18(10-13-21)25(29)30/h5-15,31H,16-17H2,1-4H3,(H3,29,30)(H,32,33). The first-order chi connectivity index (χ1) is 17.7. The molecule has 0 saturated heterocycles. The molecule has 0 heterocycles. The summed E-state index contributed by atoms with van der Waals surface area (Å²) in [6, 6.07) is 19.0. The van der Waals surface area contributed by atoms with Crippen LogP contribution in [0.15, 0.2) is 66.7 Å². The minimum Gasteiger partial charge on any atom is -0.384 e. The molecule has 0 unspecified atom stereocenters. The van der Waals surface area contributed by atoms with Crippen molar-refractivity contribution in [1.82, 2.24) is 5.32 Å². The lowest BCUT2D eigenvalue weighted by Crippen LogP contribution is -2.32. The minimum atomic E-state index is -4.09. The van der Waals surface area contributed by atoms with E-state index in [4.69, 9.17) is 15.3 Å². The minimum absolute atomic E-state index is 0.0223. The molecule has 0 atom stereocenters. The molecule has 38 heavy (non-hydrogen) atoms. The molecule has 3 aromatic carbocycles. The second kappa shape index (κ2) is 11.5. The summed E-state index contributed by atoms with van der Waals surface area (Å²) < 4.78 is 28.2. The molecule has 0 spiro atoms. The summed E-state index contributed by atoms with van der Waals surface area (Å²) in [5.74, 6) is -1.48. The van der Waals surface area contributed by atoms with Crippen molar-refractivity contribution in [2.24, 2.45) is 11.1 Å². The highest BCUT2D eigenvalue weighted by molar-refractivity contribution is 7.86. The number of nitrogen functional groups attached to an aromatic ring is 1. The van der Waals surface area contributed by atoms with Crippen molar-refractivity contribution in [3.63, 3.8) is 0 Å². The average molecular weight is 537 g/mol. The summed E-state index contributed by atoms with van der Waals surface area (Å²) in [6.07, 6.45) is 0.791. The van der Waals surface area contributed by atoms with Gasteiger partial charge in [0.1, 0.15) is 5.84 Å². The first-order valence-corrected chi connectivity index (χ1v) is 13.7. The fraction of sp³-hybridized carbons (Fsp3) is 0.250. The lowest BCUT2D eigenvalue weighted by atomic mass is 9.93. The van der Waals surface area contributed by atoms with Crippen LogP contribution in [0.1, 0.15) is 52.6 Å². The molecular formula is C28H32N4O5S. The van der Waals surface area contributed by atoms with Gasteiger partial charge in [-0.1, -0.05) is 51.1 Å². The van der Waals surface area contributed by atoms with Gasteiger partial charge in [-0.15, -0.1) is 0 Å². The van der Waals surface area contributed by atoms with Crippen molar-refractivity contribution in [3.8, 4) is 11.1 Å². The molecule has 10 heteroatoms. The van der Waals surface area contributed by atoms with Gasteiger partial charge >= 0.3 is 16.1 Å². The molecule has 0 bridgehead atoms. The van der Waals surface area contributed by atoms with Gasteiger partial charge in [0.05, 0.1) is 11.8 Å². The molecule has 9 nitrogen and oxygen atoms in total. The van der Waals surface area contributed by atoms with Crippen molar-refractivity contribution in [3.05, 3.63) is 89.0 Å². The summed E-state index contributed by atoms with van der Waals surface area (Å²) in [5, 5.41) is 13.7. The number of anilines is 1. The van der Waals surface area contributed by atoms with Crippen LogP contribution in [-0.4, -0.2) is 38.9 Å². The highest BCUT2D eigenvalue weighted by Gasteiger charge is 2.22. The Labute approximate surface area is 223 Å². The maximum absolute atomic E-state index is 12.9.